The van der Waals surface area contributed by atoms with Crippen LogP contribution in [-0.2, 0) is 4.79 Å². The van der Waals surface area contributed by atoms with Crippen molar-refractivity contribution in [1.29, 1.82) is 0 Å². The van der Waals surface area contributed by atoms with Crippen LogP contribution in [-0.4, -0.2) is 30.7 Å². The molecule has 0 aliphatic heterocycles. The van der Waals surface area contributed by atoms with Crippen LogP contribution < -0.4 is 0 Å². The molecule has 0 saturated carbocycles. The van der Waals surface area contributed by atoms with Crippen LogP contribution in [0.1, 0.15) is 12.8 Å². The van der Waals surface area contributed by atoms with E-state index in [0.717, 1.165) is 17.1 Å². The SMILES string of the molecule is CN(C)C(=O)CCCSc1cccc(F)c1. The molecule has 0 unspecified atom stereocenters. The zero-order valence-corrected chi connectivity index (χ0v) is 10.4. The zero-order valence-electron chi connectivity index (χ0n) is 9.57. The van der Waals surface area contributed by atoms with Gasteiger partial charge >= 0.3 is 0 Å². The average Bonchev–Trinajstić information content (AvgIpc) is 2.24. The molecular formula is C12H16FNOS. The molecule has 0 atom stereocenters. The molecule has 0 aromatic heterocycles. The highest BCUT2D eigenvalue weighted by atomic mass is 32.2. The standard InChI is InChI=1S/C12H16FNOS/c1-14(2)12(15)7-4-8-16-11-6-3-5-10(13)9-11/h3,5-6,9H,4,7-8H2,1-2H3. The van der Waals surface area contributed by atoms with Crippen LogP contribution in [0.2, 0.25) is 0 Å². The fourth-order valence-corrected chi connectivity index (χ4v) is 2.09. The summed E-state index contributed by atoms with van der Waals surface area (Å²) in [6.45, 7) is 0. The number of hydrogen-bond donors (Lipinski definition) is 0. The second-order valence-corrected chi connectivity index (χ2v) is 4.87. The maximum absolute atomic E-state index is 12.8. The maximum atomic E-state index is 12.8. The lowest BCUT2D eigenvalue weighted by atomic mass is 10.3. The number of amides is 1. The van der Waals surface area contributed by atoms with Crippen LogP contribution in [0.3, 0.4) is 0 Å². The van der Waals surface area contributed by atoms with Gasteiger partial charge in [-0.25, -0.2) is 4.39 Å². The van der Waals surface area contributed by atoms with Gasteiger partial charge in [-0.3, -0.25) is 4.79 Å². The van der Waals surface area contributed by atoms with E-state index in [2.05, 4.69) is 0 Å². The van der Waals surface area contributed by atoms with E-state index < -0.39 is 0 Å². The van der Waals surface area contributed by atoms with Crippen molar-refractivity contribution >= 4 is 17.7 Å². The molecule has 0 N–H and O–H groups in total. The van der Waals surface area contributed by atoms with Crippen molar-refractivity contribution in [2.45, 2.75) is 17.7 Å². The largest absolute Gasteiger partial charge is 0.349 e. The topological polar surface area (TPSA) is 20.3 Å². The monoisotopic (exact) mass is 241 g/mol. The van der Waals surface area contributed by atoms with Crippen molar-refractivity contribution in [3.8, 4) is 0 Å². The lowest BCUT2D eigenvalue weighted by Gasteiger charge is -2.09. The van der Waals surface area contributed by atoms with Crippen molar-refractivity contribution in [2.75, 3.05) is 19.8 Å². The highest BCUT2D eigenvalue weighted by Gasteiger charge is 2.03. The van der Waals surface area contributed by atoms with Crippen LogP contribution in [0.15, 0.2) is 29.2 Å². The predicted molar refractivity (Wildman–Crippen MR) is 65.1 cm³/mol. The highest BCUT2D eigenvalue weighted by molar-refractivity contribution is 7.99. The molecule has 0 heterocycles. The first kappa shape index (κ1) is 13.0. The van der Waals surface area contributed by atoms with E-state index >= 15 is 0 Å². The molecule has 0 aliphatic carbocycles. The van der Waals surface area contributed by atoms with Gasteiger partial charge in [0.25, 0.3) is 0 Å². The molecule has 0 radical (unpaired) electrons. The van der Waals surface area contributed by atoms with Crippen LogP contribution in [0.5, 0.6) is 0 Å². The second kappa shape index (κ2) is 6.53. The van der Waals surface area contributed by atoms with Crippen LogP contribution in [0.25, 0.3) is 0 Å². The number of carbonyl (C=O) groups excluding carboxylic acids is 1. The summed E-state index contributed by atoms with van der Waals surface area (Å²) in [6.07, 6.45) is 1.37. The van der Waals surface area contributed by atoms with Gasteiger partial charge in [-0.1, -0.05) is 6.07 Å². The van der Waals surface area contributed by atoms with Crippen LogP contribution in [0.4, 0.5) is 4.39 Å². The van der Waals surface area contributed by atoms with E-state index in [1.165, 1.54) is 12.1 Å². The van der Waals surface area contributed by atoms with Gasteiger partial charge in [-0.15, -0.1) is 11.8 Å². The summed E-state index contributed by atoms with van der Waals surface area (Å²) in [5.41, 5.74) is 0. The minimum absolute atomic E-state index is 0.139. The molecule has 4 heteroatoms. The third-order valence-corrected chi connectivity index (χ3v) is 3.18. The van der Waals surface area contributed by atoms with E-state index in [9.17, 15) is 9.18 Å². The predicted octanol–water partition coefficient (Wildman–Crippen LogP) is 2.79. The summed E-state index contributed by atoms with van der Waals surface area (Å²) in [7, 11) is 3.50. The summed E-state index contributed by atoms with van der Waals surface area (Å²) in [4.78, 5) is 13.8. The van der Waals surface area contributed by atoms with E-state index in [1.807, 2.05) is 6.07 Å². The number of rotatable bonds is 5. The minimum Gasteiger partial charge on any atom is -0.349 e. The van der Waals surface area contributed by atoms with Gasteiger partial charge in [0.15, 0.2) is 0 Å². The first-order chi connectivity index (χ1) is 7.59. The Bertz CT molecular complexity index is 355. The molecular weight excluding hydrogens is 225 g/mol. The number of carbonyl (C=O) groups is 1. The van der Waals surface area contributed by atoms with Crippen molar-refractivity contribution in [1.82, 2.24) is 4.90 Å². The van der Waals surface area contributed by atoms with Crippen LogP contribution >= 0.6 is 11.8 Å². The molecule has 16 heavy (non-hydrogen) atoms. The molecule has 88 valence electrons. The number of nitrogens with zero attached hydrogens (tertiary/aromatic N) is 1. The van der Waals surface area contributed by atoms with E-state index in [4.69, 9.17) is 0 Å². The van der Waals surface area contributed by atoms with Gasteiger partial charge < -0.3 is 4.90 Å². The average molecular weight is 241 g/mol. The third kappa shape index (κ3) is 4.66. The van der Waals surface area contributed by atoms with Crippen molar-refractivity contribution < 1.29 is 9.18 Å². The van der Waals surface area contributed by atoms with Gasteiger partial charge in [0.2, 0.25) is 5.91 Å². The first-order valence-electron chi connectivity index (χ1n) is 5.18. The fourth-order valence-electron chi connectivity index (χ4n) is 1.19. The Morgan fingerprint density at radius 3 is 2.81 bits per heavy atom. The Kier molecular flexibility index (Phi) is 5.32. The number of hydrogen-bond acceptors (Lipinski definition) is 2. The Labute approximate surface area is 99.8 Å². The molecule has 0 saturated heterocycles. The van der Waals surface area contributed by atoms with E-state index in [-0.39, 0.29) is 11.7 Å². The molecule has 0 fully saturated rings. The van der Waals surface area contributed by atoms with Gasteiger partial charge in [-0.2, -0.15) is 0 Å². The molecule has 0 bridgehead atoms. The third-order valence-electron chi connectivity index (χ3n) is 2.10. The van der Waals surface area contributed by atoms with Gasteiger partial charge in [0, 0.05) is 25.4 Å². The fraction of sp³-hybridized carbons (Fsp3) is 0.417. The zero-order chi connectivity index (χ0) is 12.0. The van der Waals surface area contributed by atoms with E-state index in [0.29, 0.717) is 6.42 Å². The molecule has 1 rings (SSSR count). The van der Waals surface area contributed by atoms with Gasteiger partial charge in [-0.05, 0) is 30.4 Å². The Morgan fingerprint density at radius 2 is 2.19 bits per heavy atom. The van der Waals surface area contributed by atoms with Gasteiger partial charge in [0.1, 0.15) is 5.82 Å². The number of halogens is 1. The lowest BCUT2D eigenvalue weighted by molar-refractivity contribution is -0.128. The van der Waals surface area contributed by atoms with Crippen LogP contribution in [0, 0.1) is 5.82 Å². The highest BCUT2D eigenvalue weighted by Crippen LogP contribution is 2.19. The summed E-state index contributed by atoms with van der Waals surface area (Å²) >= 11 is 1.58. The first-order valence-corrected chi connectivity index (χ1v) is 6.16. The minimum atomic E-state index is -0.214. The molecule has 1 aromatic carbocycles. The molecule has 1 amide bonds. The van der Waals surface area contributed by atoms with Crippen molar-refractivity contribution in [2.24, 2.45) is 0 Å². The summed E-state index contributed by atoms with van der Waals surface area (Å²) < 4.78 is 12.8. The summed E-state index contributed by atoms with van der Waals surface area (Å²) in [5, 5.41) is 0. The Morgan fingerprint density at radius 1 is 1.44 bits per heavy atom. The van der Waals surface area contributed by atoms with Crippen molar-refractivity contribution in [3.05, 3.63) is 30.1 Å². The number of thioether (sulfide) groups is 1. The lowest BCUT2D eigenvalue weighted by Crippen LogP contribution is -2.21. The quantitative estimate of drug-likeness (QED) is 0.583. The molecule has 0 aliphatic rings. The van der Waals surface area contributed by atoms with Gasteiger partial charge in [0.05, 0.1) is 0 Å². The van der Waals surface area contributed by atoms with Crippen molar-refractivity contribution in [3.63, 3.8) is 0 Å². The second-order valence-electron chi connectivity index (χ2n) is 3.70. The molecule has 2 nitrogen and oxygen atoms in total. The van der Waals surface area contributed by atoms with E-state index in [1.54, 1.807) is 36.8 Å². The smallest absolute Gasteiger partial charge is 0.222 e. The maximum Gasteiger partial charge on any atom is 0.222 e. The number of benzene rings is 1. The Balaban J connectivity index is 2.23. The Hall–Kier alpha value is -1.03. The molecule has 1 aromatic rings. The summed E-state index contributed by atoms with van der Waals surface area (Å²) in [5.74, 6) is 0.762. The molecule has 0 spiro atoms. The normalized spacial score (nSPS) is 10.2. The summed E-state index contributed by atoms with van der Waals surface area (Å²) in [6, 6.07) is 6.52.